The van der Waals surface area contributed by atoms with Gasteiger partial charge in [-0.15, -0.1) is 0 Å². The van der Waals surface area contributed by atoms with Crippen molar-refractivity contribution in [1.82, 2.24) is 0 Å². The van der Waals surface area contributed by atoms with Crippen LogP contribution in [0.4, 0.5) is 0 Å². The summed E-state index contributed by atoms with van der Waals surface area (Å²) in [4.78, 5) is 0. The molecule has 0 aromatic rings. The molecule has 0 amide bonds. The quantitative estimate of drug-likeness (QED) is 0.626. The molecule has 0 saturated carbocycles. The van der Waals surface area contributed by atoms with Crippen LogP contribution in [0.25, 0.3) is 0 Å². The van der Waals surface area contributed by atoms with Crippen LogP contribution in [0.3, 0.4) is 0 Å². The summed E-state index contributed by atoms with van der Waals surface area (Å²) >= 11 is 0. The molecular formula is C15H28O. The molecule has 16 heavy (non-hydrogen) atoms. The maximum atomic E-state index is 10.2. The minimum absolute atomic E-state index is 0.500. The van der Waals surface area contributed by atoms with Gasteiger partial charge in [-0.05, 0) is 66.7 Å². The highest BCUT2D eigenvalue weighted by Crippen LogP contribution is 2.21. The molecule has 0 aliphatic carbocycles. The largest absolute Gasteiger partial charge is 0.390 e. The van der Waals surface area contributed by atoms with Crippen molar-refractivity contribution in [1.29, 1.82) is 0 Å². The van der Waals surface area contributed by atoms with Gasteiger partial charge in [0.15, 0.2) is 0 Å². The zero-order chi connectivity index (χ0) is 12.6. The van der Waals surface area contributed by atoms with Crippen LogP contribution in [0.5, 0.6) is 0 Å². The van der Waals surface area contributed by atoms with E-state index in [-0.39, 0.29) is 0 Å². The normalized spacial score (nSPS) is 15.8. The number of hydrogen-bond acceptors (Lipinski definition) is 1. The molecule has 0 rings (SSSR count). The Bertz CT molecular complexity index is 242. The summed E-state index contributed by atoms with van der Waals surface area (Å²) in [6.07, 6.45) is 9.29. The summed E-state index contributed by atoms with van der Waals surface area (Å²) in [6.45, 7) is 10.4. The van der Waals surface area contributed by atoms with Gasteiger partial charge in [-0.2, -0.15) is 0 Å². The van der Waals surface area contributed by atoms with Crippen LogP contribution in [0.2, 0.25) is 0 Å². The third-order valence-corrected chi connectivity index (χ3v) is 3.01. The van der Waals surface area contributed by atoms with E-state index in [4.69, 9.17) is 0 Å². The van der Waals surface area contributed by atoms with Gasteiger partial charge in [0, 0.05) is 0 Å². The van der Waals surface area contributed by atoms with Gasteiger partial charge >= 0.3 is 0 Å². The lowest BCUT2D eigenvalue weighted by molar-refractivity contribution is 0.0410. The molecule has 1 N–H and O–H groups in total. The van der Waals surface area contributed by atoms with E-state index in [0.29, 0.717) is 0 Å². The van der Waals surface area contributed by atoms with Crippen LogP contribution in [0.1, 0.15) is 66.7 Å². The lowest BCUT2D eigenvalue weighted by Crippen LogP contribution is -2.23. The number of aliphatic hydroxyl groups is 1. The minimum atomic E-state index is -0.500. The second-order valence-electron chi connectivity index (χ2n) is 5.31. The SMILES string of the molecule is CC=C(C)CCC[C@](C)(O)CCC=C(C)C. The van der Waals surface area contributed by atoms with Crippen molar-refractivity contribution in [2.45, 2.75) is 72.3 Å². The van der Waals surface area contributed by atoms with E-state index in [0.717, 1.165) is 32.1 Å². The molecule has 0 aromatic carbocycles. The van der Waals surface area contributed by atoms with Crippen LogP contribution in [-0.4, -0.2) is 10.7 Å². The Hall–Kier alpha value is -0.560. The third kappa shape index (κ3) is 8.72. The van der Waals surface area contributed by atoms with E-state index in [9.17, 15) is 5.11 Å². The van der Waals surface area contributed by atoms with Gasteiger partial charge in [-0.1, -0.05) is 23.3 Å². The molecule has 1 nitrogen and oxygen atoms in total. The van der Waals surface area contributed by atoms with Crippen molar-refractivity contribution >= 4 is 0 Å². The number of allylic oxidation sites excluding steroid dienone is 4. The van der Waals surface area contributed by atoms with Crippen molar-refractivity contribution in [3.05, 3.63) is 23.3 Å². The molecule has 0 aliphatic rings. The van der Waals surface area contributed by atoms with Crippen LogP contribution < -0.4 is 0 Å². The monoisotopic (exact) mass is 224 g/mol. The zero-order valence-electron chi connectivity index (χ0n) is 11.6. The highest BCUT2D eigenvalue weighted by Gasteiger charge is 2.18. The topological polar surface area (TPSA) is 20.2 Å². The molecular weight excluding hydrogens is 196 g/mol. The predicted octanol–water partition coefficient (Wildman–Crippen LogP) is 4.62. The Labute approximate surface area is 101 Å². The molecule has 0 fully saturated rings. The maximum Gasteiger partial charge on any atom is 0.0622 e. The second-order valence-corrected chi connectivity index (χ2v) is 5.31. The predicted molar refractivity (Wildman–Crippen MR) is 72.6 cm³/mol. The fourth-order valence-corrected chi connectivity index (χ4v) is 1.69. The molecule has 0 unspecified atom stereocenters. The van der Waals surface area contributed by atoms with E-state index in [2.05, 4.69) is 39.8 Å². The Morgan fingerprint density at radius 2 is 1.81 bits per heavy atom. The first kappa shape index (κ1) is 15.4. The zero-order valence-corrected chi connectivity index (χ0v) is 11.6. The van der Waals surface area contributed by atoms with Crippen molar-refractivity contribution in [2.75, 3.05) is 0 Å². The van der Waals surface area contributed by atoms with E-state index in [1.165, 1.54) is 11.1 Å². The molecule has 1 heteroatoms. The molecule has 0 aliphatic heterocycles. The van der Waals surface area contributed by atoms with Gasteiger partial charge in [0.05, 0.1) is 5.60 Å². The van der Waals surface area contributed by atoms with Crippen molar-refractivity contribution < 1.29 is 5.11 Å². The average molecular weight is 224 g/mol. The van der Waals surface area contributed by atoms with Crippen LogP contribution >= 0.6 is 0 Å². The van der Waals surface area contributed by atoms with E-state index in [1.807, 2.05) is 6.92 Å². The molecule has 0 bridgehead atoms. The average Bonchev–Trinajstić information content (AvgIpc) is 2.16. The van der Waals surface area contributed by atoms with Crippen LogP contribution in [0, 0.1) is 0 Å². The summed E-state index contributed by atoms with van der Waals surface area (Å²) in [7, 11) is 0. The Morgan fingerprint density at radius 3 is 2.31 bits per heavy atom. The summed E-state index contributed by atoms with van der Waals surface area (Å²) in [5, 5.41) is 10.2. The Morgan fingerprint density at radius 1 is 1.19 bits per heavy atom. The van der Waals surface area contributed by atoms with Gasteiger partial charge in [0.25, 0.3) is 0 Å². The Kier molecular flexibility index (Phi) is 7.40. The van der Waals surface area contributed by atoms with Gasteiger partial charge in [0.2, 0.25) is 0 Å². The van der Waals surface area contributed by atoms with Crippen molar-refractivity contribution in [3.63, 3.8) is 0 Å². The first-order valence-corrected chi connectivity index (χ1v) is 6.35. The van der Waals surface area contributed by atoms with E-state index in [1.54, 1.807) is 0 Å². The molecule has 0 spiro atoms. The molecule has 0 heterocycles. The lowest BCUT2D eigenvalue weighted by atomic mass is 9.92. The summed E-state index contributed by atoms with van der Waals surface area (Å²) in [5.41, 5.74) is 2.25. The van der Waals surface area contributed by atoms with Gasteiger partial charge in [-0.3, -0.25) is 0 Å². The molecule has 94 valence electrons. The lowest BCUT2D eigenvalue weighted by Gasteiger charge is -2.22. The van der Waals surface area contributed by atoms with Gasteiger partial charge < -0.3 is 5.11 Å². The molecule has 1 atom stereocenters. The third-order valence-electron chi connectivity index (χ3n) is 3.01. The second kappa shape index (κ2) is 7.67. The highest BCUT2D eigenvalue weighted by molar-refractivity contribution is 4.96. The van der Waals surface area contributed by atoms with Crippen molar-refractivity contribution in [3.8, 4) is 0 Å². The fourth-order valence-electron chi connectivity index (χ4n) is 1.69. The highest BCUT2D eigenvalue weighted by atomic mass is 16.3. The standard InChI is InChI=1S/C15H28O/c1-6-14(4)10-8-12-15(5,16)11-7-9-13(2)3/h6,9,16H,7-8,10-12H2,1-5H3/t15-/m1/s1. The Balaban J connectivity index is 3.82. The molecule has 0 aromatic heterocycles. The fraction of sp³-hybridized carbons (Fsp3) is 0.733. The molecule has 0 saturated heterocycles. The summed E-state index contributed by atoms with van der Waals surface area (Å²) < 4.78 is 0. The maximum absolute atomic E-state index is 10.2. The van der Waals surface area contributed by atoms with Crippen molar-refractivity contribution in [2.24, 2.45) is 0 Å². The minimum Gasteiger partial charge on any atom is -0.390 e. The van der Waals surface area contributed by atoms with Crippen LogP contribution in [-0.2, 0) is 0 Å². The van der Waals surface area contributed by atoms with Gasteiger partial charge in [0.1, 0.15) is 0 Å². The number of hydrogen-bond donors (Lipinski definition) is 1. The number of rotatable bonds is 7. The summed E-state index contributed by atoms with van der Waals surface area (Å²) in [6, 6.07) is 0. The van der Waals surface area contributed by atoms with E-state index < -0.39 is 5.60 Å². The molecule has 0 radical (unpaired) electrons. The van der Waals surface area contributed by atoms with Crippen LogP contribution in [0.15, 0.2) is 23.3 Å². The van der Waals surface area contributed by atoms with Gasteiger partial charge in [-0.25, -0.2) is 0 Å². The van der Waals surface area contributed by atoms with E-state index >= 15 is 0 Å². The summed E-state index contributed by atoms with van der Waals surface area (Å²) in [5.74, 6) is 0. The first-order valence-electron chi connectivity index (χ1n) is 6.35. The first-order chi connectivity index (χ1) is 7.37. The smallest absolute Gasteiger partial charge is 0.0622 e.